The van der Waals surface area contributed by atoms with E-state index in [0.29, 0.717) is 16.6 Å². The first-order valence-corrected chi connectivity index (χ1v) is 9.88. The predicted octanol–water partition coefficient (Wildman–Crippen LogP) is 3.11. The number of anilines is 1. The lowest BCUT2D eigenvalue weighted by molar-refractivity contribution is -0.119. The monoisotopic (exact) mass is 384 g/mol. The molecule has 1 amide bonds. The van der Waals surface area contributed by atoms with E-state index in [9.17, 15) is 17.6 Å². The van der Waals surface area contributed by atoms with Crippen LogP contribution in [0.3, 0.4) is 0 Å². The summed E-state index contributed by atoms with van der Waals surface area (Å²) in [5.41, 5.74) is 1.75. The third kappa shape index (κ3) is 2.94. The number of carbonyl (C=O) groups excluding carboxylic acids is 1. The molecule has 27 heavy (non-hydrogen) atoms. The van der Waals surface area contributed by atoms with Gasteiger partial charge in [-0.1, -0.05) is 36.4 Å². The summed E-state index contributed by atoms with van der Waals surface area (Å²) in [6, 6.07) is 15.0. The molecule has 0 saturated heterocycles. The van der Waals surface area contributed by atoms with Gasteiger partial charge in [0.1, 0.15) is 12.4 Å². The first kappa shape index (κ1) is 17.5. The highest BCUT2D eigenvalue weighted by Gasteiger charge is 2.36. The largest absolute Gasteiger partial charge is 0.350 e. The van der Waals surface area contributed by atoms with Crippen LogP contribution < -0.4 is 9.62 Å². The van der Waals surface area contributed by atoms with Crippen molar-refractivity contribution in [3.8, 4) is 0 Å². The van der Waals surface area contributed by atoms with Gasteiger partial charge < -0.3 is 5.32 Å². The molecule has 7 heteroatoms. The number of amides is 1. The second-order valence-electron chi connectivity index (χ2n) is 6.50. The van der Waals surface area contributed by atoms with Crippen molar-refractivity contribution < 1.29 is 17.6 Å². The van der Waals surface area contributed by atoms with Gasteiger partial charge in [0.05, 0.1) is 10.6 Å². The number of benzene rings is 3. The van der Waals surface area contributed by atoms with E-state index in [1.807, 2.05) is 12.1 Å². The van der Waals surface area contributed by atoms with Crippen molar-refractivity contribution in [3.05, 3.63) is 71.5 Å². The van der Waals surface area contributed by atoms with E-state index in [-0.39, 0.29) is 23.8 Å². The van der Waals surface area contributed by atoms with Gasteiger partial charge in [-0.2, -0.15) is 0 Å². The van der Waals surface area contributed by atoms with Crippen molar-refractivity contribution in [3.63, 3.8) is 0 Å². The van der Waals surface area contributed by atoms with E-state index < -0.39 is 15.9 Å². The molecule has 0 radical (unpaired) electrons. The molecule has 1 aliphatic heterocycles. The molecule has 0 spiro atoms. The highest BCUT2D eigenvalue weighted by atomic mass is 32.2. The molecule has 3 aromatic carbocycles. The van der Waals surface area contributed by atoms with Crippen LogP contribution in [-0.4, -0.2) is 20.9 Å². The zero-order valence-electron chi connectivity index (χ0n) is 14.6. The van der Waals surface area contributed by atoms with Gasteiger partial charge in [0.15, 0.2) is 0 Å². The Labute approximate surface area is 156 Å². The topological polar surface area (TPSA) is 66.5 Å². The van der Waals surface area contributed by atoms with Crippen molar-refractivity contribution in [1.82, 2.24) is 5.32 Å². The average Bonchev–Trinajstić information content (AvgIpc) is 2.86. The molecule has 1 aliphatic rings. The Kier molecular flexibility index (Phi) is 4.11. The molecule has 0 saturated carbocycles. The average molecular weight is 384 g/mol. The van der Waals surface area contributed by atoms with Gasteiger partial charge >= 0.3 is 0 Å². The number of nitrogens with zero attached hydrogens (tertiary/aromatic N) is 1. The quantitative estimate of drug-likeness (QED) is 0.752. The van der Waals surface area contributed by atoms with Gasteiger partial charge in [0, 0.05) is 11.9 Å². The number of hydrogen-bond acceptors (Lipinski definition) is 3. The van der Waals surface area contributed by atoms with Crippen molar-refractivity contribution in [1.29, 1.82) is 0 Å². The number of sulfonamides is 1. The molecular weight excluding hydrogens is 367 g/mol. The number of rotatable bonds is 4. The maximum absolute atomic E-state index is 13.3. The molecule has 1 heterocycles. The summed E-state index contributed by atoms with van der Waals surface area (Å²) in [6.07, 6.45) is 0. The lowest BCUT2D eigenvalue weighted by Gasteiger charge is -2.18. The predicted molar refractivity (Wildman–Crippen MR) is 101 cm³/mol. The Morgan fingerprint density at radius 2 is 1.85 bits per heavy atom. The fraction of sp³-hybridized carbons (Fsp3) is 0.150. The van der Waals surface area contributed by atoms with Crippen LogP contribution in [0.5, 0.6) is 0 Å². The fourth-order valence-electron chi connectivity index (χ4n) is 3.33. The summed E-state index contributed by atoms with van der Waals surface area (Å²) in [5, 5.41) is 4.16. The van der Waals surface area contributed by atoms with Gasteiger partial charge in [-0.3, -0.25) is 9.10 Å². The first-order valence-electron chi connectivity index (χ1n) is 8.44. The molecule has 0 atom stereocenters. The second-order valence-corrected chi connectivity index (χ2v) is 8.33. The molecule has 0 fully saturated rings. The van der Waals surface area contributed by atoms with E-state index in [2.05, 4.69) is 5.32 Å². The summed E-state index contributed by atoms with van der Waals surface area (Å²) >= 11 is 0. The summed E-state index contributed by atoms with van der Waals surface area (Å²) in [6.45, 7) is 1.54. The van der Waals surface area contributed by atoms with E-state index in [1.165, 1.54) is 6.07 Å². The molecule has 0 aromatic heterocycles. The molecule has 1 N–H and O–H groups in total. The van der Waals surface area contributed by atoms with E-state index in [1.54, 1.807) is 43.3 Å². The van der Waals surface area contributed by atoms with Gasteiger partial charge in [-0.25, -0.2) is 12.8 Å². The Morgan fingerprint density at radius 1 is 1.11 bits per heavy atom. The van der Waals surface area contributed by atoms with E-state index in [0.717, 1.165) is 15.3 Å². The van der Waals surface area contributed by atoms with Gasteiger partial charge in [-0.15, -0.1) is 0 Å². The minimum atomic E-state index is -3.77. The van der Waals surface area contributed by atoms with Crippen LogP contribution >= 0.6 is 0 Å². The van der Waals surface area contributed by atoms with Crippen LogP contribution in [0.15, 0.2) is 59.5 Å². The normalized spacial score (nSPS) is 14.5. The Morgan fingerprint density at radius 3 is 2.59 bits per heavy atom. The number of nitrogens with one attached hydrogen (secondary N) is 1. The third-order valence-corrected chi connectivity index (χ3v) is 6.48. The van der Waals surface area contributed by atoms with Crippen LogP contribution in [0, 0.1) is 12.7 Å². The SMILES string of the molecule is Cc1cc(CNC(=O)CN2c3cccc4cccc(c34)S2(=O)=O)ccc1F. The molecule has 5 nitrogen and oxygen atoms in total. The zero-order valence-corrected chi connectivity index (χ0v) is 15.4. The van der Waals surface area contributed by atoms with Gasteiger partial charge in [0.2, 0.25) is 5.91 Å². The van der Waals surface area contributed by atoms with Crippen molar-refractivity contribution >= 4 is 32.4 Å². The van der Waals surface area contributed by atoms with Crippen LogP contribution in [0.2, 0.25) is 0 Å². The molecule has 138 valence electrons. The van der Waals surface area contributed by atoms with Gasteiger partial charge in [0.25, 0.3) is 10.0 Å². The van der Waals surface area contributed by atoms with E-state index in [4.69, 9.17) is 0 Å². The van der Waals surface area contributed by atoms with Crippen LogP contribution in [-0.2, 0) is 21.4 Å². The summed E-state index contributed by atoms with van der Waals surface area (Å²) in [7, 11) is -3.77. The van der Waals surface area contributed by atoms with Crippen molar-refractivity contribution in [2.24, 2.45) is 0 Å². The van der Waals surface area contributed by atoms with Crippen molar-refractivity contribution in [2.75, 3.05) is 10.8 Å². The summed E-state index contributed by atoms with van der Waals surface area (Å²) < 4.78 is 40.2. The molecule has 0 bridgehead atoms. The third-order valence-electron chi connectivity index (χ3n) is 4.68. The number of aryl methyl sites for hydroxylation is 1. The highest BCUT2D eigenvalue weighted by molar-refractivity contribution is 7.93. The van der Waals surface area contributed by atoms with Crippen LogP contribution in [0.25, 0.3) is 10.8 Å². The minimum absolute atomic E-state index is 0.199. The molecule has 4 rings (SSSR count). The minimum Gasteiger partial charge on any atom is -0.350 e. The number of carbonyl (C=O) groups is 1. The molecule has 3 aromatic rings. The number of hydrogen-bond donors (Lipinski definition) is 1. The molecular formula is C20H17FN2O3S. The molecule has 0 aliphatic carbocycles. The first-order chi connectivity index (χ1) is 12.9. The number of halogens is 1. The Bertz CT molecular complexity index is 1170. The lowest BCUT2D eigenvalue weighted by Crippen LogP contribution is -2.38. The second kappa shape index (κ2) is 6.35. The Hall–Kier alpha value is -2.93. The lowest BCUT2D eigenvalue weighted by atomic mass is 10.1. The Balaban J connectivity index is 1.55. The van der Waals surface area contributed by atoms with Gasteiger partial charge in [-0.05, 0) is 41.6 Å². The highest BCUT2D eigenvalue weighted by Crippen LogP contribution is 2.41. The fourth-order valence-corrected chi connectivity index (χ4v) is 5.00. The summed E-state index contributed by atoms with van der Waals surface area (Å²) in [5.74, 6) is -0.732. The zero-order chi connectivity index (χ0) is 19.2. The van der Waals surface area contributed by atoms with Crippen molar-refractivity contribution in [2.45, 2.75) is 18.4 Å². The maximum Gasteiger partial charge on any atom is 0.265 e. The smallest absolute Gasteiger partial charge is 0.265 e. The molecule has 0 unspecified atom stereocenters. The van der Waals surface area contributed by atoms with Crippen LogP contribution in [0.1, 0.15) is 11.1 Å². The standard InChI is InChI=1S/C20H17FN2O3S/c1-13-10-14(8-9-16(13)21)11-22-19(24)12-23-17-6-2-4-15-5-3-7-18(20(15)17)27(23,25)26/h2-10H,11-12H2,1H3,(H,22,24). The van der Waals surface area contributed by atoms with Crippen LogP contribution in [0.4, 0.5) is 10.1 Å². The maximum atomic E-state index is 13.3. The van der Waals surface area contributed by atoms with E-state index >= 15 is 0 Å². The summed E-state index contributed by atoms with van der Waals surface area (Å²) in [4.78, 5) is 12.6.